The molecule has 0 atom stereocenters. The van der Waals surface area contributed by atoms with Crippen molar-refractivity contribution in [2.45, 2.75) is 31.7 Å². The Balaban J connectivity index is 1.54. The second kappa shape index (κ2) is 4.40. The number of carbonyl (C=O) groups is 1. The number of carbonyl (C=O) groups excluding carboxylic acids is 1. The molecule has 1 fully saturated rings. The molecule has 0 aromatic heterocycles. The number of nitrogens with zero attached hydrogens (tertiary/aromatic N) is 1. The summed E-state index contributed by atoms with van der Waals surface area (Å²) in [5, 5.41) is 3.04. The summed E-state index contributed by atoms with van der Waals surface area (Å²) >= 11 is 0. The molecule has 1 amide bonds. The van der Waals surface area contributed by atoms with Crippen LogP contribution < -0.4 is 10.2 Å². The molecule has 1 aromatic carbocycles. The van der Waals surface area contributed by atoms with E-state index in [1.165, 1.54) is 11.3 Å². The molecule has 1 aliphatic carbocycles. The number of anilines is 1. The van der Waals surface area contributed by atoms with E-state index in [1.54, 1.807) is 0 Å². The van der Waals surface area contributed by atoms with Crippen LogP contribution in [0.5, 0.6) is 0 Å². The fourth-order valence-electron chi connectivity index (χ4n) is 2.40. The molecular weight excluding hydrogens is 212 g/mol. The Morgan fingerprint density at radius 3 is 3.00 bits per heavy atom. The van der Waals surface area contributed by atoms with Gasteiger partial charge in [-0.2, -0.15) is 0 Å². The summed E-state index contributed by atoms with van der Waals surface area (Å²) in [4.78, 5) is 13.9. The summed E-state index contributed by atoms with van der Waals surface area (Å²) in [7, 11) is 0. The van der Waals surface area contributed by atoms with E-state index in [-0.39, 0.29) is 5.91 Å². The molecule has 1 N–H and O–H groups in total. The zero-order chi connectivity index (χ0) is 11.7. The third-order valence-electron chi connectivity index (χ3n) is 3.53. The van der Waals surface area contributed by atoms with Crippen molar-refractivity contribution in [1.82, 2.24) is 5.32 Å². The van der Waals surface area contributed by atoms with Gasteiger partial charge in [-0.05, 0) is 30.9 Å². The van der Waals surface area contributed by atoms with Gasteiger partial charge in [-0.15, -0.1) is 0 Å². The second-order valence-electron chi connectivity index (χ2n) is 4.96. The molecule has 0 bridgehead atoms. The molecule has 1 aliphatic heterocycles. The third-order valence-corrected chi connectivity index (χ3v) is 3.53. The van der Waals surface area contributed by atoms with Crippen LogP contribution in [0.25, 0.3) is 0 Å². The number of rotatable bonds is 4. The van der Waals surface area contributed by atoms with E-state index < -0.39 is 0 Å². The topological polar surface area (TPSA) is 32.3 Å². The standard InChI is InChI=1S/C14H18N2O/c17-14(15-12-5-6-12)8-10-16-9-7-11-3-1-2-4-13(11)16/h1-4,12H,5-10H2,(H,15,17). The van der Waals surface area contributed by atoms with Gasteiger partial charge in [0.25, 0.3) is 0 Å². The Kier molecular flexibility index (Phi) is 2.75. The first kappa shape index (κ1) is 10.6. The van der Waals surface area contributed by atoms with Gasteiger partial charge in [0.1, 0.15) is 0 Å². The first-order valence-electron chi connectivity index (χ1n) is 6.45. The Morgan fingerprint density at radius 1 is 1.35 bits per heavy atom. The molecule has 3 heteroatoms. The van der Waals surface area contributed by atoms with Gasteiger partial charge in [0.05, 0.1) is 0 Å². The number of hydrogen-bond acceptors (Lipinski definition) is 2. The van der Waals surface area contributed by atoms with Crippen LogP contribution in [0.15, 0.2) is 24.3 Å². The van der Waals surface area contributed by atoms with Gasteiger partial charge < -0.3 is 10.2 Å². The van der Waals surface area contributed by atoms with Crippen molar-refractivity contribution >= 4 is 11.6 Å². The summed E-state index contributed by atoms with van der Waals surface area (Å²) < 4.78 is 0. The molecule has 0 saturated heterocycles. The van der Waals surface area contributed by atoms with Crippen molar-refractivity contribution in [3.05, 3.63) is 29.8 Å². The molecule has 0 radical (unpaired) electrons. The quantitative estimate of drug-likeness (QED) is 0.854. The van der Waals surface area contributed by atoms with Gasteiger partial charge in [0.2, 0.25) is 5.91 Å². The average Bonchev–Trinajstić information content (AvgIpc) is 3.06. The van der Waals surface area contributed by atoms with E-state index in [0.29, 0.717) is 12.5 Å². The van der Waals surface area contributed by atoms with Crippen molar-refractivity contribution in [2.24, 2.45) is 0 Å². The molecule has 3 rings (SSSR count). The molecule has 1 aromatic rings. The fraction of sp³-hybridized carbons (Fsp3) is 0.500. The van der Waals surface area contributed by atoms with Crippen LogP contribution in [-0.4, -0.2) is 25.0 Å². The Bertz CT molecular complexity index is 426. The van der Waals surface area contributed by atoms with E-state index >= 15 is 0 Å². The van der Waals surface area contributed by atoms with Gasteiger partial charge in [-0.3, -0.25) is 4.79 Å². The van der Waals surface area contributed by atoms with Gasteiger partial charge in [-0.25, -0.2) is 0 Å². The first-order chi connectivity index (χ1) is 8.33. The summed E-state index contributed by atoms with van der Waals surface area (Å²) in [5.41, 5.74) is 2.72. The van der Waals surface area contributed by atoms with Crippen LogP contribution in [0.3, 0.4) is 0 Å². The fourth-order valence-corrected chi connectivity index (χ4v) is 2.40. The normalized spacial score (nSPS) is 18.0. The number of amides is 1. The summed E-state index contributed by atoms with van der Waals surface area (Å²) in [6, 6.07) is 8.97. The summed E-state index contributed by atoms with van der Waals surface area (Å²) in [6.07, 6.45) is 4.06. The van der Waals surface area contributed by atoms with E-state index in [9.17, 15) is 4.79 Å². The molecule has 90 valence electrons. The first-order valence-corrected chi connectivity index (χ1v) is 6.45. The highest BCUT2D eigenvalue weighted by Gasteiger charge is 2.24. The lowest BCUT2D eigenvalue weighted by Crippen LogP contribution is -2.31. The van der Waals surface area contributed by atoms with Gasteiger partial charge in [0, 0.05) is 31.2 Å². The Morgan fingerprint density at radius 2 is 2.18 bits per heavy atom. The minimum atomic E-state index is 0.205. The lowest BCUT2D eigenvalue weighted by atomic mass is 10.2. The van der Waals surface area contributed by atoms with E-state index in [1.807, 2.05) is 0 Å². The van der Waals surface area contributed by atoms with Crippen LogP contribution in [-0.2, 0) is 11.2 Å². The monoisotopic (exact) mass is 230 g/mol. The molecule has 17 heavy (non-hydrogen) atoms. The molecular formula is C14H18N2O. The summed E-state index contributed by atoms with van der Waals surface area (Å²) in [6.45, 7) is 1.89. The third kappa shape index (κ3) is 2.43. The maximum atomic E-state index is 11.6. The van der Waals surface area contributed by atoms with E-state index in [0.717, 1.165) is 32.4 Å². The maximum absolute atomic E-state index is 11.6. The zero-order valence-electron chi connectivity index (χ0n) is 9.98. The van der Waals surface area contributed by atoms with Crippen molar-refractivity contribution in [3.8, 4) is 0 Å². The maximum Gasteiger partial charge on any atom is 0.221 e. The highest BCUT2D eigenvalue weighted by molar-refractivity contribution is 5.77. The number of hydrogen-bond donors (Lipinski definition) is 1. The molecule has 1 saturated carbocycles. The van der Waals surface area contributed by atoms with Crippen molar-refractivity contribution in [3.63, 3.8) is 0 Å². The van der Waals surface area contributed by atoms with E-state index in [4.69, 9.17) is 0 Å². The minimum Gasteiger partial charge on any atom is -0.370 e. The van der Waals surface area contributed by atoms with Crippen LogP contribution in [0, 0.1) is 0 Å². The molecule has 2 aliphatic rings. The summed E-state index contributed by atoms with van der Waals surface area (Å²) in [5.74, 6) is 0.205. The number of para-hydroxylation sites is 1. The number of benzene rings is 1. The molecule has 0 spiro atoms. The van der Waals surface area contributed by atoms with Gasteiger partial charge >= 0.3 is 0 Å². The smallest absolute Gasteiger partial charge is 0.221 e. The van der Waals surface area contributed by atoms with Gasteiger partial charge in [-0.1, -0.05) is 18.2 Å². The van der Waals surface area contributed by atoms with E-state index in [2.05, 4.69) is 34.5 Å². The highest BCUT2D eigenvalue weighted by Crippen LogP contribution is 2.27. The molecule has 3 nitrogen and oxygen atoms in total. The number of fused-ring (bicyclic) bond motifs is 1. The Labute approximate surface area is 102 Å². The second-order valence-corrected chi connectivity index (χ2v) is 4.96. The zero-order valence-corrected chi connectivity index (χ0v) is 9.98. The van der Waals surface area contributed by atoms with Crippen molar-refractivity contribution < 1.29 is 4.79 Å². The predicted octanol–water partition coefficient (Wildman–Crippen LogP) is 1.72. The molecule has 1 heterocycles. The number of nitrogens with one attached hydrogen (secondary N) is 1. The molecule has 0 unspecified atom stereocenters. The minimum absolute atomic E-state index is 0.205. The van der Waals surface area contributed by atoms with Crippen LogP contribution >= 0.6 is 0 Å². The van der Waals surface area contributed by atoms with Gasteiger partial charge in [0.15, 0.2) is 0 Å². The SMILES string of the molecule is O=C(CCN1CCc2ccccc21)NC1CC1. The van der Waals surface area contributed by atoms with Crippen LogP contribution in [0.4, 0.5) is 5.69 Å². The lowest BCUT2D eigenvalue weighted by Gasteiger charge is -2.18. The lowest BCUT2D eigenvalue weighted by molar-refractivity contribution is -0.121. The predicted molar refractivity (Wildman–Crippen MR) is 68.1 cm³/mol. The Hall–Kier alpha value is -1.51. The van der Waals surface area contributed by atoms with Crippen molar-refractivity contribution in [1.29, 1.82) is 0 Å². The highest BCUT2D eigenvalue weighted by atomic mass is 16.1. The van der Waals surface area contributed by atoms with Crippen LogP contribution in [0.2, 0.25) is 0 Å². The van der Waals surface area contributed by atoms with Crippen LogP contribution in [0.1, 0.15) is 24.8 Å². The van der Waals surface area contributed by atoms with Crippen molar-refractivity contribution in [2.75, 3.05) is 18.0 Å². The largest absolute Gasteiger partial charge is 0.370 e. The average molecular weight is 230 g/mol.